The second kappa shape index (κ2) is 9.80. The fourth-order valence-electron chi connectivity index (χ4n) is 2.99. The number of aliphatic imine (C=N–C) groups is 1. The molecule has 3 aromatic rings. The van der Waals surface area contributed by atoms with E-state index < -0.39 is 0 Å². The predicted molar refractivity (Wildman–Crippen MR) is 118 cm³/mol. The number of aromatic nitrogens is 2. The van der Waals surface area contributed by atoms with Crippen LogP contribution in [0, 0.1) is 6.92 Å². The molecule has 0 radical (unpaired) electrons. The topological polar surface area (TPSA) is 51.3 Å². The maximum Gasteiger partial charge on any atom is 0.231 e. The molecule has 2 heterocycles. The maximum absolute atomic E-state index is 6.20. The molecule has 146 valence electrons. The smallest absolute Gasteiger partial charge is 0.231 e. The third kappa shape index (κ3) is 5.40. The molecule has 0 aliphatic rings. The van der Waals surface area contributed by atoms with Crippen molar-refractivity contribution in [2.24, 2.45) is 4.99 Å². The van der Waals surface area contributed by atoms with E-state index in [4.69, 9.17) is 16.1 Å². The Kier molecular flexibility index (Phi) is 7.18. The van der Waals surface area contributed by atoms with Crippen LogP contribution in [0.3, 0.4) is 0 Å². The largest absolute Gasteiger partial charge is 0.339 e. The molecule has 0 saturated heterocycles. The lowest BCUT2D eigenvalue weighted by Crippen LogP contribution is -2.01. The van der Waals surface area contributed by atoms with E-state index in [9.17, 15) is 0 Å². The fraction of sp³-hybridized carbons (Fsp3) is 0.318. The lowest BCUT2D eigenvalue weighted by molar-refractivity contribution is 0.383. The van der Waals surface area contributed by atoms with Gasteiger partial charge in [0.25, 0.3) is 0 Å². The van der Waals surface area contributed by atoms with Gasteiger partial charge < -0.3 is 4.52 Å². The highest BCUT2D eigenvalue weighted by Crippen LogP contribution is 2.26. The average Bonchev–Trinajstić information content (AvgIpc) is 3.35. The molecule has 0 amide bonds. The van der Waals surface area contributed by atoms with Crippen molar-refractivity contribution in [2.75, 3.05) is 6.54 Å². The van der Waals surface area contributed by atoms with Gasteiger partial charge in [0.2, 0.25) is 11.7 Å². The van der Waals surface area contributed by atoms with Gasteiger partial charge in [0.15, 0.2) is 0 Å². The van der Waals surface area contributed by atoms with Crippen molar-refractivity contribution >= 4 is 34.2 Å². The van der Waals surface area contributed by atoms with Crippen molar-refractivity contribution in [3.05, 3.63) is 74.5 Å². The number of benzene rings is 1. The van der Waals surface area contributed by atoms with Crippen LogP contribution in [-0.2, 0) is 6.42 Å². The highest BCUT2D eigenvalue weighted by molar-refractivity contribution is 7.07. The van der Waals surface area contributed by atoms with Crippen LogP contribution in [0.4, 0.5) is 0 Å². The maximum atomic E-state index is 6.20. The van der Waals surface area contributed by atoms with Crippen LogP contribution in [0.2, 0.25) is 5.02 Å². The first kappa shape index (κ1) is 20.5. The number of thiophene rings is 1. The Morgan fingerprint density at radius 1 is 1.32 bits per heavy atom. The van der Waals surface area contributed by atoms with E-state index in [2.05, 4.69) is 52.6 Å². The molecule has 0 bridgehead atoms. The van der Waals surface area contributed by atoms with Gasteiger partial charge in [0.1, 0.15) is 0 Å². The van der Waals surface area contributed by atoms with Crippen molar-refractivity contribution in [3.8, 4) is 0 Å². The van der Waals surface area contributed by atoms with Crippen LogP contribution in [0.25, 0.3) is 5.57 Å². The van der Waals surface area contributed by atoms with E-state index in [0.29, 0.717) is 24.7 Å². The minimum Gasteiger partial charge on any atom is -0.339 e. The van der Waals surface area contributed by atoms with Crippen LogP contribution < -0.4 is 0 Å². The molecular weight excluding hydrogens is 390 g/mol. The summed E-state index contributed by atoms with van der Waals surface area (Å²) in [5.74, 6) is 1.18. The first-order chi connectivity index (χ1) is 13.6. The second-order valence-corrected chi connectivity index (χ2v) is 7.85. The summed E-state index contributed by atoms with van der Waals surface area (Å²) < 4.78 is 5.36. The van der Waals surface area contributed by atoms with Gasteiger partial charge in [-0.3, -0.25) is 4.99 Å². The van der Waals surface area contributed by atoms with Crippen molar-refractivity contribution in [2.45, 2.75) is 40.0 Å². The van der Waals surface area contributed by atoms with Gasteiger partial charge in [-0.25, -0.2) is 0 Å². The zero-order valence-electron chi connectivity index (χ0n) is 16.4. The summed E-state index contributed by atoms with van der Waals surface area (Å²) in [6.45, 7) is 6.84. The molecule has 4 nitrogen and oxygen atoms in total. The van der Waals surface area contributed by atoms with E-state index in [1.807, 2.05) is 24.4 Å². The monoisotopic (exact) mass is 413 g/mol. The molecule has 1 aromatic carbocycles. The number of hydrogen-bond donors (Lipinski definition) is 0. The molecule has 3 rings (SSSR count). The summed E-state index contributed by atoms with van der Waals surface area (Å²) in [5, 5.41) is 8.96. The number of aryl methyl sites for hydroxylation is 1. The van der Waals surface area contributed by atoms with Crippen LogP contribution >= 0.6 is 22.9 Å². The number of allylic oxidation sites excluding steroid dienone is 1. The Morgan fingerprint density at radius 3 is 2.93 bits per heavy atom. The number of rotatable bonds is 8. The minimum atomic E-state index is 0.560. The molecule has 6 heteroatoms. The molecule has 0 N–H and O–H groups in total. The minimum absolute atomic E-state index is 0.560. The van der Waals surface area contributed by atoms with E-state index in [0.717, 1.165) is 23.6 Å². The second-order valence-electron chi connectivity index (χ2n) is 6.63. The number of halogens is 1. The fourth-order valence-corrected chi connectivity index (χ4v) is 3.83. The van der Waals surface area contributed by atoms with Crippen molar-refractivity contribution in [1.29, 1.82) is 0 Å². The summed E-state index contributed by atoms with van der Waals surface area (Å²) in [4.78, 5) is 9.13. The van der Waals surface area contributed by atoms with Crippen molar-refractivity contribution in [3.63, 3.8) is 0 Å². The van der Waals surface area contributed by atoms with Crippen LogP contribution in [0.15, 0.2) is 50.6 Å². The van der Waals surface area contributed by atoms with Gasteiger partial charge in [0.05, 0.1) is 12.1 Å². The standard InChI is InChI=1S/C22H24ClN3OS/c1-4-5-18(20-13-19(23)7-6-15(20)2)8-10-24-16(3)22-25-21(27-26-22)12-17-9-11-28-14-17/h5-7,9,11,13-14H,4,8,10,12H2,1-3H3. The van der Waals surface area contributed by atoms with Gasteiger partial charge in [-0.2, -0.15) is 16.3 Å². The molecular formula is C22H24ClN3OS. The molecule has 0 fully saturated rings. The van der Waals surface area contributed by atoms with Gasteiger partial charge >= 0.3 is 0 Å². The molecule has 0 spiro atoms. The summed E-state index contributed by atoms with van der Waals surface area (Å²) in [7, 11) is 0. The van der Waals surface area contributed by atoms with E-state index in [1.54, 1.807) is 11.3 Å². The van der Waals surface area contributed by atoms with Crippen LogP contribution in [0.1, 0.15) is 55.1 Å². The highest BCUT2D eigenvalue weighted by Gasteiger charge is 2.11. The molecule has 0 saturated carbocycles. The SMILES string of the molecule is CCC=C(CCN=C(C)c1noc(Cc2ccsc2)n1)c1cc(Cl)ccc1C. The summed E-state index contributed by atoms with van der Waals surface area (Å²) >= 11 is 7.86. The zero-order valence-corrected chi connectivity index (χ0v) is 18.0. The van der Waals surface area contributed by atoms with E-state index in [1.165, 1.54) is 22.3 Å². The Balaban J connectivity index is 1.66. The normalized spacial score (nSPS) is 12.6. The highest BCUT2D eigenvalue weighted by atomic mass is 35.5. The predicted octanol–water partition coefficient (Wildman–Crippen LogP) is 6.38. The Bertz CT molecular complexity index is 974. The summed E-state index contributed by atoms with van der Waals surface area (Å²) in [5.41, 5.74) is 5.66. The van der Waals surface area contributed by atoms with Crippen LogP contribution in [-0.4, -0.2) is 22.4 Å². The molecule has 28 heavy (non-hydrogen) atoms. The first-order valence-electron chi connectivity index (χ1n) is 9.37. The average molecular weight is 414 g/mol. The van der Waals surface area contributed by atoms with Gasteiger partial charge in [-0.15, -0.1) is 0 Å². The molecule has 0 aliphatic heterocycles. The van der Waals surface area contributed by atoms with Crippen molar-refractivity contribution in [1.82, 2.24) is 10.1 Å². The Morgan fingerprint density at radius 2 is 2.18 bits per heavy atom. The van der Waals surface area contributed by atoms with E-state index >= 15 is 0 Å². The third-order valence-electron chi connectivity index (χ3n) is 4.45. The summed E-state index contributed by atoms with van der Waals surface area (Å²) in [6.07, 6.45) is 4.71. The first-order valence-corrected chi connectivity index (χ1v) is 10.7. The zero-order chi connectivity index (χ0) is 19.9. The van der Waals surface area contributed by atoms with Crippen LogP contribution in [0.5, 0.6) is 0 Å². The van der Waals surface area contributed by atoms with E-state index in [-0.39, 0.29) is 0 Å². The third-order valence-corrected chi connectivity index (χ3v) is 5.42. The van der Waals surface area contributed by atoms with Crippen molar-refractivity contribution < 1.29 is 4.52 Å². The molecule has 0 atom stereocenters. The Hall–Kier alpha value is -2.24. The summed E-state index contributed by atoms with van der Waals surface area (Å²) in [6, 6.07) is 8.08. The quantitative estimate of drug-likeness (QED) is 0.403. The van der Waals surface area contributed by atoms with Gasteiger partial charge in [0, 0.05) is 11.6 Å². The number of nitrogens with zero attached hydrogens (tertiary/aromatic N) is 3. The molecule has 0 aliphatic carbocycles. The molecule has 2 aromatic heterocycles. The lowest BCUT2D eigenvalue weighted by atomic mass is 9.97. The lowest BCUT2D eigenvalue weighted by Gasteiger charge is -2.11. The Labute approximate surface area is 175 Å². The number of hydrogen-bond acceptors (Lipinski definition) is 5. The molecule has 0 unspecified atom stereocenters. The van der Waals surface area contributed by atoms with Gasteiger partial charge in [-0.1, -0.05) is 35.8 Å². The van der Waals surface area contributed by atoms with Gasteiger partial charge in [-0.05, 0) is 77.9 Å².